The molecule has 0 bridgehead atoms. The fourth-order valence-electron chi connectivity index (χ4n) is 3.15. The molecule has 0 saturated carbocycles. The van der Waals surface area contributed by atoms with Crippen molar-refractivity contribution < 1.29 is 9.18 Å². The fourth-order valence-corrected chi connectivity index (χ4v) is 3.15. The summed E-state index contributed by atoms with van der Waals surface area (Å²) in [6.45, 7) is 3.04. The second kappa shape index (κ2) is 7.64. The Labute approximate surface area is 145 Å². The highest BCUT2D eigenvalue weighted by atomic mass is 19.1. The Morgan fingerprint density at radius 1 is 1.44 bits per heavy atom. The van der Waals surface area contributed by atoms with Gasteiger partial charge in [-0.2, -0.15) is 5.10 Å². The number of carbonyl (C=O) groups excluding carboxylic acids is 1. The van der Waals surface area contributed by atoms with Gasteiger partial charge in [0.2, 0.25) is 5.91 Å². The van der Waals surface area contributed by atoms with Crippen molar-refractivity contribution in [1.82, 2.24) is 34.5 Å². The van der Waals surface area contributed by atoms with Gasteiger partial charge in [0.25, 0.3) is 0 Å². The average Bonchev–Trinajstić information content (AvgIpc) is 3.25. The first-order valence-corrected chi connectivity index (χ1v) is 8.27. The SMILES string of the molecule is C[C@@H](C(=O)N(C)C[C@@H]1C[C@H](F)CN1Cc1ncccn1)n1cncn1. The quantitative estimate of drug-likeness (QED) is 0.765. The van der Waals surface area contributed by atoms with Gasteiger partial charge in [0.05, 0.1) is 6.54 Å². The Hall–Kier alpha value is -2.42. The molecule has 3 atom stereocenters. The number of hydrogen-bond acceptors (Lipinski definition) is 6. The average molecular weight is 347 g/mol. The number of nitrogens with zero attached hydrogens (tertiary/aromatic N) is 7. The summed E-state index contributed by atoms with van der Waals surface area (Å²) in [4.78, 5) is 28.5. The third-order valence-corrected chi connectivity index (χ3v) is 4.49. The number of hydrogen-bond donors (Lipinski definition) is 0. The lowest BCUT2D eigenvalue weighted by atomic mass is 10.2. The second-order valence-corrected chi connectivity index (χ2v) is 6.35. The first kappa shape index (κ1) is 17.4. The molecular formula is C16H22FN7O. The van der Waals surface area contributed by atoms with Gasteiger partial charge >= 0.3 is 0 Å². The number of rotatable bonds is 6. The predicted octanol–water partition coefficient (Wildman–Crippen LogP) is 0.700. The Morgan fingerprint density at radius 3 is 2.88 bits per heavy atom. The number of likely N-dealkylation sites (tertiary alicyclic amines) is 1. The molecule has 2 aromatic rings. The van der Waals surface area contributed by atoms with Crippen LogP contribution in [0.25, 0.3) is 0 Å². The molecule has 0 aliphatic carbocycles. The molecule has 134 valence electrons. The van der Waals surface area contributed by atoms with Gasteiger partial charge in [-0.3, -0.25) is 9.69 Å². The first-order valence-electron chi connectivity index (χ1n) is 8.27. The third kappa shape index (κ3) is 4.16. The Kier molecular flexibility index (Phi) is 5.32. The summed E-state index contributed by atoms with van der Waals surface area (Å²) in [5.74, 6) is 0.579. The van der Waals surface area contributed by atoms with Crippen LogP contribution in [0.2, 0.25) is 0 Å². The van der Waals surface area contributed by atoms with Crippen molar-refractivity contribution in [1.29, 1.82) is 0 Å². The maximum absolute atomic E-state index is 14.0. The molecule has 2 aromatic heterocycles. The van der Waals surface area contributed by atoms with Crippen LogP contribution in [0.3, 0.4) is 0 Å². The predicted molar refractivity (Wildman–Crippen MR) is 88.1 cm³/mol. The number of carbonyl (C=O) groups is 1. The van der Waals surface area contributed by atoms with Gasteiger partial charge in [0, 0.05) is 38.6 Å². The van der Waals surface area contributed by atoms with E-state index in [-0.39, 0.29) is 11.9 Å². The van der Waals surface area contributed by atoms with Crippen molar-refractivity contribution in [3.8, 4) is 0 Å². The summed E-state index contributed by atoms with van der Waals surface area (Å²) in [5.41, 5.74) is 0. The third-order valence-electron chi connectivity index (χ3n) is 4.49. The zero-order valence-electron chi connectivity index (χ0n) is 14.4. The van der Waals surface area contributed by atoms with Gasteiger partial charge in [-0.15, -0.1) is 0 Å². The Bertz CT molecular complexity index is 681. The molecule has 1 fully saturated rings. The largest absolute Gasteiger partial charge is 0.342 e. The normalized spacial score (nSPS) is 22.0. The van der Waals surface area contributed by atoms with Gasteiger partial charge < -0.3 is 4.90 Å². The molecule has 3 heterocycles. The molecule has 0 radical (unpaired) electrons. The Morgan fingerprint density at radius 2 is 2.20 bits per heavy atom. The monoisotopic (exact) mass is 347 g/mol. The van der Waals surface area contributed by atoms with Crippen LogP contribution in [0.5, 0.6) is 0 Å². The summed E-state index contributed by atoms with van der Waals surface area (Å²) in [7, 11) is 1.73. The molecule has 0 N–H and O–H groups in total. The number of amides is 1. The van der Waals surface area contributed by atoms with Gasteiger partial charge in [-0.1, -0.05) is 0 Å². The van der Waals surface area contributed by atoms with E-state index < -0.39 is 12.2 Å². The van der Waals surface area contributed by atoms with Crippen LogP contribution in [0.1, 0.15) is 25.2 Å². The molecular weight excluding hydrogens is 325 g/mol. The summed E-state index contributed by atoms with van der Waals surface area (Å²) < 4.78 is 15.5. The van der Waals surface area contributed by atoms with Gasteiger partial charge in [0.15, 0.2) is 0 Å². The lowest BCUT2D eigenvalue weighted by molar-refractivity contribution is -0.133. The lowest BCUT2D eigenvalue weighted by Gasteiger charge is -2.29. The number of halogens is 1. The van der Waals surface area contributed by atoms with Gasteiger partial charge in [-0.05, 0) is 19.4 Å². The molecule has 1 amide bonds. The molecule has 9 heteroatoms. The summed E-state index contributed by atoms with van der Waals surface area (Å²) in [6, 6.07) is 1.25. The van der Waals surface area contributed by atoms with E-state index in [0.717, 1.165) is 0 Å². The van der Waals surface area contributed by atoms with Crippen LogP contribution < -0.4 is 0 Å². The molecule has 25 heavy (non-hydrogen) atoms. The van der Waals surface area contributed by atoms with Crippen LogP contribution in [0, 0.1) is 0 Å². The van der Waals surface area contributed by atoms with Crippen LogP contribution >= 0.6 is 0 Å². The highest BCUT2D eigenvalue weighted by Gasteiger charge is 2.34. The molecule has 1 aliphatic rings. The molecule has 8 nitrogen and oxygen atoms in total. The zero-order valence-corrected chi connectivity index (χ0v) is 14.4. The van der Waals surface area contributed by atoms with E-state index in [1.807, 2.05) is 4.90 Å². The van der Waals surface area contributed by atoms with Crippen LogP contribution in [0.4, 0.5) is 4.39 Å². The summed E-state index contributed by atoms with van der Waals surface area (Å²) >= 11 is 0. The minimum Gasteiger partial charge on any atom is -0.342 e. The lowest BCUT2D eigenvalue weighted by Crippen LogP contribution is -2.43. The van der Waals surface area contributed by atoms with E-state index in [1.165, 1.54) is 17.3 Å². The first-order chi connectivity index (χ1) is 12.0. The Balaban J connectivity index is 1.62. The van der Waals surface area contributed by atoms with Crippen LogP contribution in [-0.4, -0.2) is 72.8 Å². The minimum atomic E-state index is -0.898. The second-order valence-electron chi connectivity index (χ2n) is 6.35. The fraction of sp³-hybridized carbons (Fsp3) is 0.562. The minimum absolute atomic E-state index is 0.0595. The van der Waals surface area contributed by atoms with E-state index in [9.17, 15) is 9.18 Å². The van der Waals surface area contributed by atoms with Crippen molar-refractivity contribution in [3.63, 3.8) is 0 Å². The number of likely N-dealkylation sites (N-methyl/N-ethyl adjacent to an activating group) is 1. The smallest absolute Gasteiger partial charge is 0.247 e. The molecule has 3 rings (SSSR count). The van der Waals surface area contributed by atoms with Crippen molar-refractivity contribution in [3.05, 3.63) is 36.9 Å². The van der Waals surface area contributed by atoms with Crippen LogP contribution in [0.15, 0.2) is 31.1 Å². The molecule has 1 saturated heterocycles. The van der Waals surface area contributed by atoms with E-state index in [2.05, 4.69) is 20.1 Å². The highest BCUT2D eigenvalue weighted by molar-refractivity contribution is 5.79. The zero-order chi connectivity index (χ0) is 17.8. The molecule has 0 aromatic carbocycles. The molecule has 1 aliphatic heterocycles. The van der Waals surface area contributed by atoms with Crippen molar-refractivity contribution in [2.24, 2.45) is 0 Å². The van der Waals surface area contributed by atoms with Gasteiger partial charge in [-0.25, -0.2) is 24.0 Å². The standard InChI is InChI=1S/C16H22FN7O/c1-12(24-11-18-10-21-24)16(25)22(2)8-14-6-13(17)7-23(14)9-15-19-4-3-5-20-15/h3-5,10-14H,6-9H2,1-2H3/t12-,13-,14-/m0/s1. The van der Waals surface area contributed by atoms with E-state index >= 15 is 0 Å². The maximum atomic E-state index is 14.0. The molecule has 0 spiro atoms. The van der Waals surface area contributed by atoms with Crippen molar-refractivity contribution >= 4 is 5.91 Å². The van der Waals surface area contributed by atoms with Crippen molar-refractivity contribution in [2.45, 2.75) is 38.1 Å². The van der Waals surface area contributed by atoms with E-state index in [0.29, 0.717) is 31.9 Å². The summed E-state index contributed by atoms with van der Waals surface area (Å²) in [6.07, 6.45) is 5.77. The van der Waals surface area contributed by atoms with E-state index in [1.54, 1.807) is 37.3 Å². The highest BCUT2D eigenvalue weighted by Crippen LogP contribution is 2.23. The van der Waals surface area contributed by atoms with E-state index in [4.69, 9.17) is 0 Å². The molecule has 0 unspecified atom stereocenters. The van der Waals surface area contributed by atoms with Crippen LogP contribution in [-0.2, 0) is 11.3 Å². The van der Waals surface area contributed by atoms with Gasteiger partial charge in [0.1, 0.15) is 30.7 Å². The number of alkyl halides is 1. The topological polar surface area (TPSA) is 80.0 Å². The maximum Gasteiger partial charge on any atom is 0.247 e. The summed E-state index contributed by atoms with van der Waals surface area (Å²) in [5, 5.41) is 4.01. The number of aromatic nitrogens is 5. The van der Waals surface area contributed by atoms with Crippen molar-refractivity contribution in [2.75, 3.05) is 20.1 Å².